The normalized spacial score (nSPS) is 17.1. The summed E-state index contributed by atoms with van der Waals surface area (Å²) < 4.78 is 0. The monoisotopic (exact) mass is 260 g/mol. The molecule has 102 valence electrons. The third-order valence-corrected chi connectivity index (χ3v) is 3.92. The maximum Gasteiger partial charge on any atom is 0.248 e. The van der Waals surface area contributed by atoms with Gasteiger partial charge in [-0.25, -0.2) is 0 Å². The van der Waals surface area contributed by atoms with Crippen LogP contribution in [0.4, 0.5) is 0 Å². The number of rotatable bonds is 4. The Labute approximate surface area is 113 Å². The molecular formula is C15H20N2O2. The molecule has 1 aromatic rings. The van der Waals surface area contributed by atoms with E-state index in [0.717, 1.165) is 31.2 Å². The van der Waals surface area contributed by atoms with E-state index in [4.69, 9.17) is 5.73 Å². The third kappa shape index (κ3) is 3.13. The zero-order valence-corrected chi connectivity index (χ0v) is 11.2. The van der Waals surface area contributed by atoms with E-state index in [9.17, 15) is 9.59 Å². The van der Waals surface area contributed by atoms with Crippen LogP contribution in [0.25, 0.3) is 0 Å². The second-order valence-corrected chi connectivity index (χ2v) is 5.52. The van der Waals surface area contributed by atoms with E-state index < -0.39 is 5.91 Å². The lowest BCUT2D eigenvalue weighted by Crippen LogP contribution is -2.36. The molecule has 3 N–H and O–H groups in total. The van der Waals surface area contributed by atoms with Crippen LogP contribution in [0.1, 0.15) is 48.5 Å². The average Bonchev–Trinajstić information content (AvgIpc) is 2.84. The molecular weight excluding hydrogens is 240 g/mol. The molecule has 1 saturated carbocycles. The fourth-order valence-electron chi connectivity index (χ4n) is 2.61. The Kier molecular flexibility index (Phi) is 3.88. The van der Waals surface area contributed by atoms with Gasteiger partial charge in [0.15, 0.2) is 0 Å². The topological polar surface area (TPSA) is 72.2 Å². The second-order valence-electron chi connectivity index (χ2n) is 5.52. The zero-order valence-electron chi connectivity index (χ0n) is 11.2. The number of primary amides is 1. The van der Waals surface area contributed by atoms with E-state index in [1.807, 2.05) is 13.0 Å². The first-order valence-electron chi connectivity index (χ1n) is 6.68. The van der Waals surface area contributed by atoms with Crippen molar-refractivity contribution in [1.82, 2.24) is 5.32 Å². The highest BCUT2D eigenvalue weighted by Gasteiger charge is 2.35. The van der Waals surface area contributed by atoms with Gasteiger partial charge in [-0.05, 0) is 30.5 Å². The predicted octanol–water partition coefficient (Wildman–Crippen LogP) is 1.98. The maximum absolute atomic E-state index is 12.2. The molecule has 0 heterocycles. The Morgan fingerprint density at radius 1 is 1.32 bits per heavy atom. The molecule has 0 bridgehead atoms. The molecule has 0 aromatic heterocycles. The molecule has 2 rings (SSSR count). The van der Waals surface area contributed by atoms with E-state index in [2.05, 4.69) is 5.32 Å². The molecule has 0 atom stereocenters. The molecule has 2 amide bonds. The summed E-state index contributed by atoms with van der Waals surface area (Å²) in [5, 5.41) is 2.96. The Balaban J connectivity index is 1.97. The van der Waals surface area contributed by atoms with Gasteiger partial charge in [0.05, 0.1) is 0 Å². The van der Waals surface area contributed by atoms with Crippen molar-refractivity contribution >= 4 is 11.8 Å². The van der Waals surface area contributed by atoms with Crippen LogP contribution in [0.15, 0.2) is 24.3 Å². The minimum Gasteiger partial charge on any atom is -0.366 e. The second kappa shape index (κ2) is 5.43. The lowest BCUT2D eigenvalue weighted by atomic mass is 9.88. The summed E-state index contributed by atoms with van der Waals surface area (Å²) in [6.07, 6.45) is 4.17. The van der Waals surface area contributed by atoms with Crippen molar-refractivity contribution in [1.29, 1.82) is 0 Å². The predicted molar refractivity (Wildman–Crippen MR) is 73.4 cm³/mol. The minimum absolute atomic E-state index is 0.106. The number of carbonyl (C=O) groups is 2. The SMILES string of the molecule is CC1(C(=O)NCc2cccc(C(N)=O)c2)CCCC1. The van der Waals surface area contributed by atoms with Gasteiger partial charge in [-0.15, -0.1) is 0 Å². The minimum atomic E-state index is -0.448. The van der Waals surface area contributed by atoms with Crippen molar-refractivity contribution in [3.8, 4) is 0 Å². The van der Waals surface area contributed by atoms with E-state index in [1.54, 1.807) is 18.2 Å². The van der Waals surface area contributed by atoms with Gasteiger partial charge in [0.2, 0.25) is 11.8 Å². The van der Waals surface area contributed by atoms with Crippen molar-refractivity contribution in [2.75, 3.05) is 0 Å². The summed E-state index contributed by atoms with van der Waals surface area (Å²) in [5.41, 5.74) is 6.38. The van der Waals surface area contributed by atoms with Crippen molar-refractivity contribution in [2.45, 2.75) is 39.2 Å². The van der Waals surface area contributed by atoms with E-state index >= 15 is 0 Å². The highest BCUT2D eigenvalue weighted by molar-refractivity contribution is 5.92. The van der Waals surface area contributed by atoms with Gasteiger partial charge in [-0.3, -0.25) is 9.59 Å². The van der Waals surface area contributed by atoms with Crippen LogP contribution in [0, 0.1) is 5.41 Å². The average molecular weight is 260 g/mol. The number of nitrogens with one attached hydrogen (secondary N) is 1. The molecule has 0 saturated heterocycles. The van der Waals surface area contributed by atoms with Gasteiger partial charge in [-0.2, -0.15) is 0 Å². The van der Waals surface area contributed by atoms with E-state index in [0.29, 0.717) is 12.1 Å². The fraction of sp³-hybridized carbons (Fsp3) is 0.467. The van der Waals surface area contributed by atoms with Crippen LogP contribution >= 0.6 is 0 Å². The van der Waals surface area contributed by atoms with Crippen LogP contribution in [0.2, 0.25) is 0 Å². The van der Waals surface area contributed by atoms with E-state index in [-0.39, 0.29) is 11.3 Å². The highest BCUT2D eigenvalue weighted by atomic mass is 16.2. The smallest absolute Gasteiger partial charge is 0.248 e. The fourth-order valence-corrected chi connectivity index (χ4v) is 2.61. The standard InChI is InChI=1S/C15H20N2O2/c1-15(7-2-3-8-15)14(19)17-10-11-5-4-6-12(9-11)13(16)18/h4-6,9H,2-3,7-8,10H2,1H3,(H2,16,18)(H,17,19). The molecule has 0 radical (unpaired) electrons. The maximum atomic E-state index is 12.2. The van der Waals surface area contributed by atoms with Crippen LogP contribution in [-0.4, -0.2) is 11.8 Å². The quantitative estimate of drug-likeness (QED) is 0.869. The van der Waals surface area contributed by atoms with Crippen LogP contribution in [0.3, 0.4) is 0 Å². The first-order chi connectivity index (χ1) is 9.01. The Morgan fingerprint density at radius 2 is 2.00 bits per heavy atom. The van der Waals surface area contributed by atoms with Gasteiger partial charge in [0.1, 0.15) is 0 Å². The Bertz CT molecular complexity index is 491. The molecule has 1 aliphatic carbocycles. The number of amides is 2. The van der Waals surface area contributed by atoms with Crippen molar-refractivity contribution in [2.24, 2.45) is 11.1 Å². The summed E-state index contributed by atoms with van der Waals surface area (Å²) in [7, 11) is 0. The molecule has 0 spiro atoms. The van der Waals surface area contributed by atoms with Crippen LogP contribution in [-0.2, 0) is 11.3 Å². The molecule has 0 unspecified atom stereocenters. The summed E-state index contributed by atoms with van der Waals surface area (Å²) in [6, 6.07) is 7.05. The Hall–Kier alpha value is -1.84. The van der Waals surface area contributed by atoms with Gasteiger partial charge in [0.25, 0.3) is 0 Å². The summed E-state index contributed by atoms with van der Waals surface area (Å²) in [4.78, 5) is 23.2. The third-order valence-electron chi connectivity index (χ3n) is 3.92. The first-order valence-corrected chi connectivity index (χ1v) is 6.68. The first kappa shape index (κ1) is 13.6. The number of carbonyl (C=O) groups excluding carboxylic acids is 2. The summed E-state index contributed by atoms with van der Waals surface area (Å²) >= 11 is 0. The lowest BCUT2D eigenvalue weighted by molar-refractivity contribution is -0.130. The number of hydrogen-bond acceptors (Lipinski definition) is 2. The number of nitrogens with two attached hydrogens (primary N) is 1. The van der Waals surface area contributed by atoms with Crippen LogP contribution < -0.4 is 11.1 Å². The molecule has 4 heteroatoms. The number of benzene rings is 1. The molecule has 19 heavy (non-hydrogen) atoms. The van der Waals surface area contributed by atoms with Crippen molar-refractivity contribution < 1.29 is 9.59 Å². The number of hydrogen-bond donors (Lipinski definition) is 2. The van der Waals surface area contributed by atoms with Crippen molar-refractivity contribution in [3.63, 3.8) is 0 Å². The van der Waals surface area contributed by atoms with Gasteiger partial charge in [0, 0.05) is 17.5 Å². The highest BCUT2D eigenvalue weighted by Crippen LogP contribution is 2.37. The summed E-state index contributed by atoms with van der Waals surface area (Å²) in [6.45, 7) is 2.46. The van der Waals surface area contributed by atoms with Gasteiger partial charge in [-0.1, -0.05) is 31.9 Å². The molecule has 1 aliphatic rings. The molecule has 1 fully saturated rings. The Morgan fingerprint density at radius 3 is 2.63 bits per heavy atom. The summed E-state index contributed by atoms with van der Waals surface area (Å²) in [5.74, 6) is -0.342. The zero-order chi connectivity index (χ0) is 13.9. The van der Waals surface area contributed by atoms with Crippen molar-refractivity contribution in [3.05, 3.63) is 35.4 Å². The molecule has 4 nitrogen and oxygen atoms in total. The van der Waals surface area contributed by atoms with Gasteiger partial charge < -0.3 is 11.1 Å². The largest absolute Gasteiger partial charge is 0.366 e. The lowest BCUT2D eigenvalue weighted by Gasteiger charge is -2.22. The van der Waals surface area contributed by atoms with Gasteiger partial charge >= 0.3 is 0 Å². The van der Waals surface area contributed by atoms with E-state index in [1.165, 1.54) is 0 Å². The molecule has 1 aromatic carbocycles. The molecule has 0 aliphatic heterocycles. The van der Waals surface area contributed by atoms with Crippen LogP contribution in [0.5, 0.6) is 0 Å².